The minimum atomic E-state index is 0.479. The van der Waals surface area contributed by atoms with E-state index in [4.69, 9.17) is 5.53 Å². The molecule has 64 valence electrons. The first-order valence-corrected chi connectivity index (χ1v) is 4.54. The van der Waals surface area contributed by atoms with E-state index in [1.54, 1.807) is 0 Å². The molecule has 0 atom stereocenters. The van der Waals surface area contributed by atoms with Crippen molar-refractivity contribution in [1.82, 2.24) is 4.98 Å². The van der Waals surface area contributed by atoms with Crippen LogP contribution >= 0.6 is 11.3 Å². The summed E-state index contributed by atoms with van der Waals surface area (Å²) < 4.78 is 1.06. The van der Waals surface area contributed by atoms with E-state index in [1.807, 2.05) is 25.1 Å². The van der Waals surface area contributed by atoms with Crippen molar-refractivity contribution in [2.75, 3.05) is 0 Å². The average molecular weight is 190 g/mol. The molecular weight excluding hydrogens is 184 g/mol. The van der Waals surface area contributed by atoms with Crippen molar-refractivity contribution < 1.29 is 0 Å². The molecule has 0 saturated carbocycles. The van der Waals surface area contributed by atoms with Gasteiger partial charge in [0.2, 0.25) is 0 Å². The molecule has 1 heterocycles. The highest BCUT2D eigenvalue weighted by atomic mass is 32.1. The molecule has 13 heavy (non-hydrogen) atoms. The number of nitrogens with zero attached hydrogens (tertiary/aromatic N) is 4. The Labute approximate surface area is 78.5 Å². The summed E-state index contributed by atoms with van der Waals surface area (Å²) in [5.41, 5.74) is 10.3. The molecule has 0 spiro atoms. The van der Waals surface area contributed by atoms with Crippen molar-refractivity contribution in [3.63, 3.8) is 0 Å². The van der Waals surface area contributed by atoms with E-state index in [0.29, 0.717) is 5.13 Å². The van der Waals surface area contributed by atoms with Gasteiger partial charge in [0.25, 0.3) is 0 Å². The number of fused-ring (bicyclic) bond motifs is 1. The van der Waals surface area contributed by atoms with Crippen LogP contribution in [0, 0.1) is 6.92 Å². The summed E-state index contributed by atoms with van der Waals surface area (Å²) in [7, 11) is 0. The summed E-state index contributed by atoms with van der Waals surface area (Å²) in [4.78, 5) is 6.90. The van der Waals surface area contributed by atoms with Crippen LogP contribution in [0.25, 0.3) is 20.7 Å². The Morgan fingerprint density at radius 1 is 1.54 bits per heavy atom. The maximum atomic E-state index is 8.24. The van der Waals surface area contributed by atoms with Gasteiger partial charge in [0.15, 0.2) is 5.13 Å². The van der Waals surface area contributed by atoms with E-state index in [1.165, 1.54) is 11.3 Å². The van der Waals surface area contributed by atoms with Gasteiger partial charge in [-0.1, -0.05) is 12.1 Å². The quantitative estimate of drug-likeness (QED) is 0.385. The minimum Gasteiger partial charge on any atom is -0.234 e. The lowest BCUT2D eigenvalue weighted by molar-refractivity contribution is 1.36. The van der Waals surface area contributed by atoms with Gasteiger partial charge in [-0.15, -0.1) is 11.3 Å². The Hall–Kier alpha value is -1.58. The number of hydrogen-bond acceptors (Lipinski definition) is 3. The summed E-state index contributed by atoms with van der Waals surface area (Å²) >= 11 is 1.40. The highest BCUT2D eigenvalue weighted by molar-refractivity contribution is 7.21. The van der Waals surface area contributed by atoms with E-state index in [-0.39, 0.29) is 0 Å². The van der Waals surface area contributed by atoms with Crippen LogP contribution in [-0.2, 0) is 0 Å². The van der Waals surface area contributed by atoms with Crippen molar-refractivity contribution in [1.29, 1.82) is 0 Å². The van der Waals surface area contributed by atoms with Crippen LogP contribution in [0.15, 0.2) is 23.3 Å². The normalized spacial score (nSPS) is 9.92. The molecular formula is C8H6N4S. The summed E-state index contributed by atoms with van der Waals surface area (Å²) in [6.45, 7) is 1.99. The predicted molar refractivity (Wildman–Crippen MR) is 53.2 cm³/mol. The lowest BCUT2D eigenvalue weighted by Gasteiger charge is -1.90. The molecule has 2 aromatic rings. The largest absolute Gasteiger partial charge is 0.234 e. The van der Waals surface area contributed by atoms with Crippen LogP contribution in [0.5, 0.6) is 0 Å². The molecule has 0 N–H and O–H groups in total. The van der Waals surface area contributed by atoms with E-state index >= 15 is 0 Å². The lowest BCUT2D eigenvalue weighted by atomic mass is 10.2. The fourth-order valence-corrected chi connectivity index (χ4v) is 2.02. The van der Waals surface area contributed by atoms with Gasteiger partial charge in [-0.25, -0.2) is 4.98 Å². The third-order valence-electron chi connectivity index (χ3n) is 1.74. The molecule has 0 unspecified atom stereocenters. The molecule has 5 heteroatoms. The number of azide groups is 1. The van der Waals surface area contributed by atoms with Crippen molar-refractivity contribution >= 4 is 26.7 Å². The summed E-state index contributed by atoms with van der Waals surface area (Å²) in [6.07, 6.45) is 0. The van der Waals surface area contributed by atoms with E-state index in [0.717, 1.165) is 15.8 Å². The van der Waals surface area contributed by atoms with Crippen LogP contribution in [0.3, 0.4) is 0 Å². The lowest BCUT2D eigenvalue weighted by Crippen LogP contribution is -1.73. The molecule has 0 aliphatic heterocycles. The average Bonchev–Trinajstić information content (AvgIpc) is 2.49. The number of hydrogen-bond donors (Lipinski definition) is 0. The van der Waals surface area contributed by atoms with E-state index in [9.17, 15) is 0 Å². The molecule has 1 aromatic carbocycles. The first-order chi connectivity index (χ1) is 6.31. The number of aryl methyl sites for hydroxylation is 1. The van der Waals surface area contributed by atoms with Crippen molar-refractivity contribution in [2.24, 2.45) is 5.11 Å². The molecule has 1 aromatic heterocycles. The minimum absolute atomic E-state index is 0.479. The van der Waals surface area contributed by atoms with Gasteiger partial charge in [0.1, 0.15) is 0 Å². The Kier molecular flexibility index (Phi) is 1.88. The Morgan fingerprint density at radius 3 is 3.08 bits per heavy atom. The molecule has 0 aliphatic carbocycles. The van der Waals surface area contributed by atoms with Crippen molar-refractivity contribution in [2.45, 2.75) is 6.92 Å². The van der Waals surface area contributed by atoms with E-state index < -0.39 is 0 Å². The summed E-state index contributed by atoms with van der Waals surface area (Å²) in [5, 5.41) is 3.95. The maximum absolute atomic E-state index is 8.24. The maximum Gasteiger partial charge on any atom is 0.181 e. The third kappa shape index (κ3) is 1.35. The van der Waals surface area contributed by atoms with Gasteiger partial charge in [-0.2, -0.15) is 0 Å². The van der Waals surface area contributed by atoms with Gasteiger partial charge in [-0.05, 0) is 29.2 Å². The number of aromatic nitrogens is 1. The van der Waals surface area contributed by atoms with Crippen LogP contribution in [0.2, 0.25) is 0 Å². The van der Waals surface area contributed by atoms with Gasteiger partial charge in [-0.3, -0.25) is 0 Å². The molecule has 0 bridgehead atoms. The Bertz CT molecular complexity index is 496. The second-order valence-corrected chi connectivity index (χ2v) is 3.62. The topological polar surface area (TPSA) is 61.7 Å². The fourth-order valence-electron chi connectivity index (χ4n) is 1.16. The monoisotopic (exact) mass is 190 g/mol. The number of benzene rings is 1. The highest BCUT2D eigenvalue weighted by Crippen LogP contribution is 2.29. The fraction of sp³-hybridized carbons (Fsp3) is 0.125. The third-order valence-corrected chi connectivity index (χ3v) is 2.64. The van der Waals surface area contributed by atoms with Crippen molar-refractivity contribution in [3.8, 4) is 0 Å². The molecule has 0 radical (unpaired) electrons. The zero-order chi connectivity index (χ0) is 9.26. The van der Waals surface area contributed by atoms with E-state index in [2.05, 4.69) is 15.0 Å². The van der Waals surface area contributed by atoms with Gasteiger partial charge in [0.05, 0.1) is 10.2 Å². The molecule has 0 aliphatic rings. The molecule has 0 saturated heterocycles. The van der Waals surface area contributed by atoms with Gasteiger partial charge in [0, 0.05) is 4.91 Å². The van der Waals surface area contributed by atoms with Crippen LogP contribution in [0.1, 0.15) is 5.56 Å². The Balaban J connectivity index is 2.75. The first kappa shape index (κ1) is 8.04. The zero-order valence-electron chi connectivity index (χ0n) is 6.93. The number of rotatable bonds is 1. The zero-order valence-corrected chi connectivity index (χ0v) is 7.75. The standard InChI is InChI=1S/C8H6N4S/c1-5-3-2-4-6-7(5)10-8(13-6)11-12-9/h2-4H,1H3. The van der Waals surface area contributed by atoms with Crippen molar-refractivity contribution in [3.05, 3.63) is 34.2 Å². The summed E-state index contributed by atoms with van der Waals surface area (Å²) in [5.74, 6) is 0. The van der Waals surface area contributed by atoms with Crippen LogP contribution < -0.4 is 0 Å². The Morgan fingerprint density at radius 2 is 2.38 bits per heavy atom. The molecule has 2 rings (SSSR count). The van der Waals surface area contributed by atoms with Gasteiger partial charge < -0.3 is 0 Å². The van der Waals surface area contributed by atoms with Crippen LogP contribution in [-0.4, -0.2) is 4.98 Å². The second kappa shape index (κ2) is 3.05. The first-order valence-electron chi connectivity index (χ1n) is 3.72. The smallest absolute Gasteiger partial charge is 0.181 e. The SMILES string of the molecule is Cc1cccc2sc(N=[N+]=[N-])nc12. The second-order valence-electron chi connectivity index (χ2n) is 2.61. The van der Waals surface area contributed by atoms with Gasteiger partial charge >= 0.3 is 0 Å². The number of thiazole rings is 1. The molecule has 0 fully saturated rings. The molecule has 4 nitrogen and oxygen atoms in total. The molecule has 0 amide bonds. The predicted octanol–water partition coefficient (Wildman–Crippen LogP) is 3.55. The number of para-hydroxylation sites is 1. The highest BCUT2D eigenvalue weighted by Gasteiger charge is 2.02. The summed E-state index contributed by atoms with van der Waals surface area (Å²) in [6, 6.07) is 5.92. The van der Waals surface area contributed by atoms with Crippen LogP contribution in [0.4, 0.5) is 5.13 Å².